The van der Waals surface area contributed by atoms with Crippen molar-refractivity contribution in [2.45, 2.75) is 18.9 Å². The van der Waals surface area contributed by atoms with E-state index in [9.17, 15) is 0 Å². The third-order valence-electron chi connectivity index (χ3n) is 2.87. The summed E-state index contributed by atoms with van der Waals surface area (Å²) >= 11 is 1.43. The van der Waals surface area contributed by atoms with Crippen molar-refractivity contribution in [2.75, 3.05) is 12.3 Å². The number of anilines is 1. The Hall–Kier alpha value is -1.53. The molecule has 3 rings (SSSR count). The number of nitrogens with two attached hydrogens (primary N) is 1. The van der Waals surface area contributed by atoms with Gasteiger partial charge in [-0.05, 0) is 19.4 Å². The Bertz CT molecular complexity index is 501. The lowest BCUT2D eigenvalue weighted by molar-refractivity contribution is 0.624. The zero-order chi connectivity index (χ0) is 11.7. The lowest BCUT2D eigenvalue weighted by Crippen LogP contribution is -2.14. The van der Waals surface area contributed by atoms with Crippen LogP contribution in [0.15, 0.2) is 18.6 Å². The van der Waals surface area contributed by atoms with Crippen molar-refractivity contribution >= 4 is 16.5 Å². The molecule has 0 bridgehead atoms. The van der Waals surface area contributed by atoms with Crippen molar-refractivity contribution in [3.8, 4) is 10.6 Å². The number of rotatable bonds is 2. The van der Waals surface area contributed by atoms with Gasteiger partial charge in [0.1, 0.15) is 5.69 Å². The van der Waals surface area contributed by atoms with Crippen LogP contribution in [0, 0.1) is 0 Å². The van der Waals surface area contributed by atoms with E-state index in [1.165, 1.54) is 17.8 Å². The molecule has 3 heterocycles. The fourth-order valence-corrected chi connectivity index (χ4v) is 2.63. The normalized spacial score (nSPS) is 19.6. The third-order valence-corrected chi connectivity index (χ3v) is 3.71. The van der Waals surface area contributed by atoms with Crippen LogP contribution in [0.2, 0.25) is 0 Å². The minimum absolute atomic E-state index is 0.364. The summed E-state index contributed by atoms with van der Waals surface area (Å²) in [6.07, 6.45) is 7.72. The van der Waals surface area contributed by atoms with Gasteiger partial charge in [0.2, 0.25) is 0 Å². The number of hydrogen-bond acceptors (Lipinski definition) is 6. The molecule has 2 aromatic rings. The first-order valence-corrected chi connectivity index (χ1v) is 6.41. The Kier molecular flexibility index (Phi) is 2.74. The Morgan fingerprint density at radius 2 is 2.18 bits per heavy atom. The Labute approximate surface area is 103 Å². The fourth-order valence-electron chi connectivity index (χ4n) is 1.99. The second kappa shape index (κ2) is 4.38. The molecule has 88 valence electrons. The largest absolute Gasteiger partial charge is 0.375 e. The van der Waals surface area contributed by atoms with E-state index in [2.05, 4.69) is 20.3 Å². The second-order valence-electron chi connectivity index (χ2n) is 4.04. The minimum atomic E-state index is 0.364. The van der Waals surface area contributed by atoms with E-state index in [0.29, 0.717) is 11.2 Å². The summed E-state index contributed by atoms with van der Waals surface area (Å²) in [5, 5.41) is 3.96. The molecule has 0 amide bonds. The molecule has 0 radical (unpaired) electrons. The smallest absolute Gasteiger partial charge is 0.180 e. The van der Waals surface area contributed by atoms with Crippen molar-refractivity contribution in [1.82, 2.24) is 20.3 Å². The van der Waals surface area contributed by atoms with Gasteiger partial charge in [0.25, 0.3) is 0 Å². The number of hydrogen-bond donors (Lipinski definition) is 2. The van der Waals surface area contributed by atoms with Crippen LogP contribution in [0.1, 0.15) is 24.6 Å². The quantitative estimate of drug-likeness (QED) is 0.843. The zero-order valence-corrected chi connectivity index (χ0v) is 10.1. The summed E-state index contributed by atoms with van der Waals surface area (Å²) in [4.78, 5) is 13.8. The summed E-state index contributed by atoms with van der Waals surface area (Å²) in [5.74, 6) is 0. The van der Waals surface area contributed by atoms with Gasteiger partial charge < -0.3 is 11.1 Å². The van der Waals surface area contributed by atoms with Gasteiger partial charge >= 0.3 is 0 Å². The molecule has 1 atom stereocenters. The molecule has 1 aliphatic rings. The molecule has 2 aromatic heterocycles. The molecular formula is C11H13N5S. The van der Waals surface area contributed by atoms with Crippen molar-refractivity contribution < 1.29 is 0 Å². The molecule has 1 saturated heterocycles. The first-order valence-electron chi connectivity index (χ1n) is 5.60. The summed E-state index contributed by atoms with van der Waals surface area (Å²) in [6, 6.07) is 0.364. The van der Waals surface area contributed by atoms with Crippen molar-refractivity contribution in [1.29, 1.82) is 0 Å². The Morgan fingerprint density at radius 3 is 2.76 bits per heavy atom. The second-order valence-corrected chi connectivity index (χ2v) is 5.10. The van der Waals surface area contributed by atoms with E-state index in [4.69, 9.17) is 5.73 Å². The molecule has 0 spiro atoms. The van der Waals surface area contributed by atoms with Crippen LogP contribution in [0.5, 0.6) is 0 Å². The Balaban J connectivity index is 1.84. The highest BCUT2D eigenvalue weighted by Gasteiger charge is 2.17. The molecular weight excluding hydrogens is 234 g/mol. The first kappa shape index (κ1) is 10.6. The number of nitrogen functional groups attached to an aromatic ring is 1. The van der Waals surface area contributed by atoms with Gasteiger partial charge in [-0.25, -0.2) is 4.98 Å². The van der Waals surface area contributed by atoms with Crippen LogP contribution in [0.3, 0.4) is 0 Å². The van der Waals surface area contributed by atoms with Gasteiger partial charge in [-0.2, -0.15) is 0 Å². The molecule has 17 heavy (non-hydrogen) atoms. The topological polar surface area (TPSA) is 76.7 Å². The molecule has 5 nitrogen and oxygen atoms in total. The van der Waals surface area contributed by atoms with Crippen LogP contribution in [-0.4, -0.2) is 21.5 Å². The highest BCUT2D eigenvalue weighted by molar-refractivity contribution is 7.18. The summed E-state index contributed by atoms with van der Waals surface area (Å²) in [6.45, 7) is 1.07. The predicted molar refractivity (Wildman–Crippen MR) is 67.5 cm³/mol. The van der Waals surface area contributed by atoms with Gasteiger partial charge in [0.15, 0.2) is 5.13 Å². The predicted octanol–water partition coefficient (Wildman–Crippen LogP) is 1.61. The number of thiazole rings is 1. The SMILES string of the molecule is Nc1ncc(-c2cnc(C3CCCN3)cn2)s1. The van der Waals surface area contributed by atoms with E-state index in [1.54, 1.807) is 12.4 Å². The highest BCUT2D eigenvalue weighted by atomic mass is 32.1. The molecule has 0 saturated carbocycles. The van der Waals surface area contributed by atoms with Gasteiger partial charge in [-0.1, -0.05) is 11.3 Å². The zero-order valence-electron chi connectivity index (χ0n) is 9.26. The highest BCUT2D eigenvalue weighted by Crippen LogP contribution is 2.26. The molecule has 1 fully saturated rings. The van der Waals surface area contributed by atoms with Gasteiger partial charge in [-0.15, -0.1) is 0 Å². The molecule has 1 unspecified atom stereocenters. The van der Waals surface area contributed by atoms with E-state index in [1.807, 2.05) is 6.20 Å². The third kappa shape index (κ3) is 2.13. The monoisotopic (exact) mass is 247 g/mol. The molecule has 6 heteroatoms. The van der Waals surface area contributed by atoms with Crippen LogP contribution in [-0.2, 0) is 0 Å². The maximum Gasteiger partial charge on any atom is 0.180 e. The number of nitrogens with one attached hydrogen (secondary N) is 1. The Morgan fingerprint density at radius 1 is 1.24 bits per heavy atom. The molecule has 3 N–H and O–H groups in total. The molecule has 1 aliphatic heterocycles. The summed E-state index contributed by atoms with van der Waals surface area (Å²) in [7, 11) is 0. The van der Waals surface area contributed by atoms with Crippen LogP contribution < -0.4 is 11.1 Å². The van der Waals surface area contributed by atoms with E-state index in [-0.39, 0.29) is 0 Å². The van der Waals surface area contributed by atoms with E-state index < -0.39 is 0 Å². The molecule has 0 aromatic carbocycles. The maximum atomic E-state index is 5.59. The van der Waals surface area contributed by atoms with Crippen molar-refractivity contribution in [3.63, 3.8) is 0 Å². The van der Waals surface area contributed by atoms with Gasteiger partial charge in [-0.3, -0.25) is 9.97 Å². The lowest BCUT2D eigenvalue weighted by atomic mass is 10.2. The van der Waals surface area contributed by atoms with Gasteiger partial charge in [0.05, 0.1) is 29.0 Å². The molecule has 0 aliphatic carbocycles. The fraction of sp³-hybridized carbons (Fsp3) is 0.364. The van der Waals surface area contributed by atoms with E-state index >= 15 is 0 Å². The standard InChI is InChI=1S/C11H13N5S/c12-11-16-6-10(17-11)9-5-14-8(4-15-9)7-2-1-3-13-7/h4-7,13H,1-3H2,(H2,12,16). The lowest BCUT2D eigenvalue weighted by Gasteiger charge is -2.08. The summed E-state index contributed by atoms with van der Waals surface area (Å²) in [5.41, 5.74) is 7.45. The van der Waals surface area contributed by atoms with Crippen molar-refractivity contribution in [2.24, 2.45) is 0 Å². The first-order chi connectivity index (χ1) is 8.33. The average Bonchev–Trinajstić information content (AvgIpc) is 3.00. The number of nitrogens with zero attached hydrogens (tertiary/aromatic N) is 3. The van der Waals surface area contributed by atoms with Crippen molar-refractivity contribution in [3.05, 3.63) is 24.3 Å². The minimum Gasteiger partial charge on any atom is -0.375 e. The van der Waals surface area contributed by atoms with Crippen LogP contribution in [0.4, 0.5) is 5.13 Å². The van der Waals surface area contributed by atoms with Gasteiger partial charge in [0, 0.05) is 6.20 Å². The van der Waals surface area contributed by atoms with E-state index in [0.717, 1.165) is 29.2 Å². The summed E-state index contributed by atoms with van der Waals surface area (Å²) < 4.78 is 0. The maximum absolute atomic E-state index is 5.59. The number of aromatic nitrogens is 3. The van der Waals surface area contributed by atoms with Crippen LogP contribution >= 0.6 is 11.3 Å². The van der Waals surface area contributed by atoms with Crippen LogP contribution in [0.25, 0.3) is 10.6 Å². The average molecular weight is 247 g/mol.